The molecule has 8 amide bonds. The normalized spacial score (nSPS) is 23.1. The van der Waals surface area contributed by atoms with Crippen molar-refractivity contribution in [2.45, 2.75) is 114 Å². The molecule has 7 rings (SSSR count). The Balaban J connectivity index is 1.24. The predicted molar refractivity (Wildman–Crippen MR) is 261 cm³/mol. The van der Waals surface area contributed by atoms with E-state index in [-0.39, 0.29) is 58.0 Å². The fourth-order valence-electron chi connectivity index (χ4n) is 8.84. The highest BCUT2D eigenvalue weighted by molar-refractivity contribution is 7.13. The molecule has 5 heterocycles. The molecule has 0 bridgehead atoms. The van der Waals surface area contributed by atoms with Gasteiger partial charge in [0.1, 0.15) is 35.9 Å². The van der Waals surface area contributed by atoms with Crippen molar-refractivity contribution in [3.63, 3.8) is 0 Å². The van der Waals surface area contributed by atoms with Crippen LogP contribution in [0.1, 0.15) is 83.2 Å². The summed E-state index contributed by atoms with van der Waals surface area (Å²) in [6.45, 7) is 3.75. The quantitative estimate of drug-likeness (QED) is 0.0956. The first kappa shape index (κ1) is 50.5. The number of para-hydroxylation sites is 1. The number of thiophene rings is 1. The van der Waals surface area contributed by atoms with Gasteiger partial charge in [-0.2, -0.15) is 0 Å². The van der Waals surface area contributed by atoms with Crippen LogP contribution in [0.4, 0.5) is 0 Å². The number of benzene rings is 2. The highest BCUT2D eigenvalue weighted by atomic mass is 32.1. The van der Waals surface area contributed by atoms with E-state index in [4.69, 9.17) is 11.5 Å². The van der Waals surface area contributed by atoms with Crippen LogP contribution in [-0.2, 0) is 44.8 Å². The Hall–Kier alpha value is -7.42. The molecule has 2 saturated heterocycles. The zero-order valence-electron chi connectivity index (χ0n) is 39.2. The van der Waals surface area contributed by atoms with Crippen molar-refractivity contribution >= 4 is 69.5 Å². The molecule has 0 unspecified atom stereocenters. The fourth-order valence-corrected chi connectivity index (χ4v) is 9.58. The summed E-state index contributed by atoms with van der Waals surface area (Å²) < 4.78 is 1.60. The Labute approximate surface area is 408 Å². The number of aromatic amines is 1. The highest BCUT2D eigenvalue weighted by Gasteiger charge is 2.45. The van der Waals surface area contributed by atoms with Crippen molar-refractivity contribution in [2.24, 2.45) is 17.4 Å². The first-order valence-electron chi connectivity index (χ1n) is 23.6. The van der Waals surface area contributed by atoms with Crippen LogP contribution in [0, 0.1) is 5.92 Å². The van der Waals surface area contributed by atoms with E-state index in [1.54, 1.807) is 35.3 Å². The van der Waals surface area contributed by atoms with Crippen molar-refractivity contribution in [3.8, 4) is 21.7 Å². The SMILES string of the molecule is CC[C@H](C)[C@@H]1NC(=O)[C@H](CCC(N)=O)NC(=O)CCC(=O)NCCCC[C@@H](C(N)=O)NC(=O)[C@H](Cc2c[nH]c3ccccc23)NC(=O)[C@@H]2C[C@H](n3cc(-c4ccc(-c5cccs5)cc4)nn3)CN2C1=O. The Bertz CT molecular complexity index is 2680. The van der Waals surface area contributed by atoms with Crippen LogP contribution in [0.2, 0.25) is 0 Å². The molecule has 20 nitrogen and oxygen atoms in total. The van der Waals surface area contributed by atoms with E-state index in [1.807, 2.05) is 73.0 Å². The monoisotopic (exact) mass is 976 g/mol. The van der Waals surface area contributed by atoms with Gasteiger partial charge in [0.25, 0.3) is 0 Å². The summed E-state index contributed by atoms with van der Waals surface area (Å²) >= 11 is 1.63. The Morgan fingerprint density at radius 1 is 0.843 bits per heavy atom. The zero-order chi connectivity index (χ0) is 49.9. The van der Waals surface area contributed by atoms with Crippen LogP contribution < -0.4 is 38.1 Å². The van der Waals surface area contributed by atoms with Crippen LogP contribution in [0.5, 0.6) is 0 Å². The number of carbonyl (C=O) groups is 8. The molecule has 2 aromatic carbocycles. The Morgan fingerprint density at radius 2 is 1.59 bits per heavy atom. The summed E-state index contributed by atoms with van der Waals surface area (Å²) in [6, 6.07) is 12.6. The minimum absolute atomic E-state index is 0.00906. The number of primary amides is 2. The number of hydrogen-bond acceptors (Lipinski definition) is 11. The van der Waals surface area contributed by atoms with Gasteiger partial charge in [0.05, 0.1) is 12.2 Å². The lowest BCUT2D eigenvalue weighted by Crippen LogP contribution is -2.60. The molecule has 0 saturated carbocycles. The molecular formula is C49H60N12O8S. The number of aromatic nitrogens is 4. The molecule has 70 heavy (non-hydrogen) atoms. The van der Waals surface area contributed by atoms with Gasteiger partial charge in [-0.1, -0.05) is 74.0 Å². The van der Waals surface area contributed by atoms with Crippen LogP contribution in [0.15, 0.2) is 78.4 Å². The molecule has 10 N–H and O–H groups in total. The second-order valence-corrected chi connectivity index (χ2v) is 18.9. The van der Waals surface area contributed by atoms with Gasteiger partial charge in [-0.3, -0.25) is 38.4 Å². The van der Waals surface area contributed by atoms with E-state index in [0.29, 0.717) is 30.5 Å². The van der Waals surface area contributed by atoms with Crippen molar-refractivity contribution in [3.05, 3.63) is 84.0 Å². The largest absolute Gasteiger partial charge is 0.370 e. The first-order valence-corrected chi connectivity index (χ1v) is 24.5. The Kier molecular flexibility index (Phi) is 16.8. The molecule has 0 radical (unpaired) electrons. The number of nitrogens with one attached hydrogen (secondary N) is 6. The lowest BCUT2D eigenvalue weighted by atomic mass is 9.96. The maximum atomic E-state index is 15.1. The number of amides is 8. The molecule has 21 heteroatoms. The first-order chi connectivity index (χ1) is 33.7. The molecule has 2 aliphatic rings. The van der Waals surface area contributed by atoms with Gasteiger partial charge in [0.15, 0.2) is 0 Å². The third-order valence-electron chi connectivity index (χ3n) is 13.1. The summed E-state index contributed by atoms with van der Waals surface area (Å²) in [5.41, 5.74) is 15.2. The maximum Gasteiger partial charge on any atom is 0.246 e. The number of hydrogen-bond donors (Lipinski definition) is 8. The summed E-state index contributed by atoms with van der Waals surface area (Å²) in [4.78, 5) is 115. The van der Waals surface area contributed by atoms with Gasteiger partial charge in [-0.25, -0.2) is 4.68 Å². The smallest absolute Gasteiger partial charge is 0.246 e. The standard InChI is InChI=1S/C49H60N12O8S/c1-3-28(2)44-49(69)60-26-32(61-27-38(58-59-61)29-13-15-30(16-14-29)40-12-8-22-70-40)24-39(60)48(68)56-37(23-31-25-53-34-10-5-4-9-33(31)34)47(67)55-35(45(51)65)11-6-7-21-52-42(63)19-20-43(64)54-36(46(66)57-44)17-18-41(50)62/h4-5,8-10,12-16,22,25,27-28,32,35-37,39,44,53H,3,6-7,11,17-21,23-24,26H2,1-2H3,(H2,50,62)(H2,51,65)(H,52,63)(H,54,64)(H,55,67)(H,56,68)(H,57,66)/t28-,32-,35-,36-,37-,39-,44-/m0/s1. The molecule has 7 atom stereocenters. The topological polar surface area (TPSA) is 298 Å². The minimum atomic E-state index is -1.30. The summed E-state index contributed by atoms with van der Waals surface area (Å²) in [5, 5.41) is 25.5. The van der Waals surface area contributed by atoms with E-state index in [9.17, 15) is 33.6 Å². The van der Waals surface area contributed by atoms with Crippen LogP contribution >= 0.6 is 11.3 Å². The minimum Gasteiger partial charge on any atom is -0.370 e. The van der Waals surface area contributed by atoms with Crippen molar-refractivity contribution in [2.75, 3.05) is 13.1 Å². The van der Waals surface area contributed by atoms with Crippen LogP contribution in [0.3, 0.4) is 0 Å². The zero-order valence-corrected chi connectivity index (χ0v) is 40.0. The maximum absolute atomic E-state index is 15.1. The van der Waals surface area contributed by atoms with Crippen molar-refractivity contribution < 1.29 is 38.4 Å². The second kappa shape index (κ2) is 23.3. The number of nitrogens with zero attached hydrogens (tertiary/aromatic N) is 4. The third-order valence-corrected chi connectivity index (χ3v) is 14.0. The Morgan fingerprint density at radius 3 is 2.31 bits per heavy atom. The van der Waals surface area contributed by atoms with Crippen LogP contribution in [0.25, 0.3) is 32.6 Å². The molecule has 370 valence electrons. The number of nitrogens with two attached hydrogens (primary N) is 2. The van der Waals surface area contributed by atoms with Gasteiger partial charge >= 0.3 is 0 Å². The molecule has 5 aromatic rings. The fraction of sp³-hybridized carbons (Fsp3) is 0.429. The molecule has 3 aromatic heterocycles. The second-order valence-electron chi connectivity index (χ2n) is 18.0. The average molecular weight is 977 g/mol. The molecule has 0 spiro atoms. The van der Waals surface area contributed by atoms with Crippen LogP contribution in [-0.4, -0.2) is 115 Å². The molecule has 0 aliphatic carbocycles. The van der Waals surface area contributed by atoms with E-state index < -0.39 is 89.4 Å². The van der Waals surface area contributed by atoms with E-state index in [1.165, 1.54) is 4.90 Å². The number of rotatable bonds is 11. The van der Waals surface area contributed by atoms with E-state index in [0.717, 1.165) is 26.9 Å². The van der Waals surface area contributed by atoms with E-state index in [2.05, 4.69) is 41.9 Å². The summed E-state index contributed by atoms with van der Waals surface area (Å²) in [5.74, 6) is -5.83. The lowest BCUT2D eigenvalue weighted by molar-refractivity contribution is -0.143. The predicted octanol–water partition coefficient (Wildman–Crippen LogP) is 2.36. The molecular weight excluding hydrogens is 917 g/mol. The highest BCUT2D eigenvalue weighted by Crippen LogP contribution is 2.32. The number of carbonyl (C=O) groups excluding carboxylic acids is 8. The molecule has 2 fully saturated rings. The average Bonchev–Trinajstić information content (AvgIpc) is 4.20. The van der Waals surface area contributed by atoms with Gasteiger partial charge in [-0.05, 0) is 60.2 Å². The van der Waals surface area contributed by atoms with Crippen molar-refractivity contribution in [1.82, 2.24) is 51.5 Å². The lowest BCUT2D eigenvalue weighted by Gasteiger charge is -2.33. The van der Waals surface area contributed by atoms with Gasteiger partial charge in [-0.15, -0.1) is 16.4 Å². The van der Waals surface area contributed by atoms with E-state index >= 15 is 4.79 Å². The number of fused-ring (bicyclic) bond motifs is 2. The number of H-pyrrole nitrogens is 1. The summed E-state index contributed by atoms with van der Waals surface area (Å²) in [6.07, 6.45) is 3.87. The van der Waals surface area contributed by atoms with Gasteiger partial charge in [0.2, 0.25) is 47.3 Å². The third kappa shape index (κ3) is 12.6. The molecule has 2 aliphatic heterocycles. The summed E-state index contributed by atoms with van der Waals surface area (Å²) in [7, 11) is 0. The van der Waals surface area contributed by atoms with Gasteiger partial charge in [0, 0.05) is 72.7 Å². The van der Waals surface area contributed by atoms with Crippen molar-refractivity contribution in [1.29, 1.82) is 0 Å². The van der Waals surface area contributed by atoms with Gasteiger partial charge < -0.3 is 47.9 Å².